The zero-order valence-electron chi connectivity index (χ0n) is 11.9. The molecule has 110 valence electrons. The van der Waals surface area contributed by atoms with Crippen molar-refractivity contribution in [3.8, 4) is 11.5 Å². The normalized spacial score (nSPS) is 10.0. The molecule has 0 atom stereocenters. The highest BCUT2D eigenvalue weighted by Crippen LogP contribution is 2.23. The van der Waals surface area contributed by atoms with E-state index >= 15 is 0 Å². The van der Waals surface area contributed by atoms with E-state index in [-0.39, 0.29) is 0 Å². The van der Waals surface area contributed by atoms with E-state index in [4.69, 9.17) is 14.2 Å². The van der Waals surface area contributed by atoms with E-state index in [1.807, 2.05) is 0 Å². The van der Waals surface area contributed by atoms with E-state index in [1.54, 1.807) is 32.0 Å². The van der Waals surface area contributed by atoms with Gasteiger partial charge in [-0.25, -0.2) is 9.59 Å². The van der Waals surface area contributed by atoms with E-state index < -0.39 is 11.9 Å². The van der Waals surface area contributed by atoms with Gasteiger partial charge in [-0.1, -0.05) is 13.2 Å². The molecule has 0 saturated heterocycles. The molecule has 0 heterocycles. The fourth-order valence-electron chi connectivity index (χ4n) is 1.27. The highest BCUT2D eigenvalue weighted by molar-refractivity contribution is 5.87. The summed E-state index contributed by atoms with van der Waals surface area (Å²) in [5, 5.41) is 0. The fourth-order valence-corrected chi connectivity index (χ4v) is 1.27. The van der Waals surface area contributed by atoms with Crippen molar-refractivity contribution >= 4 is 11.9 Å². The molecule has 0 spiro atoms. The first-order valence-electron chi connectivity index (χ1n) is 6.07. The molecule has 0 aliphatic rings. The average Bonchev–Trinajstić information content (AvgIpc) is 2.44. The van der Waals surface area contributed by atoms with E-state index in [0.717, 1.165) is 17.9 Å². The lowest BCUT2D eigenvalue weighted by molar-refractivity contribution is -0.133. The number of esters is 2. The quantitative estimate of drug-likeness (QED) is 0.348. The molecule has 0 aliphatic heterocycles. The Hall–Kier alpha value is -2.82. The maximum absolute atomic E-state index is 11.1. The molecule has 21 heavy (non-hydrogen) atoms. The lowest BCUT2D eigenvalue weighted by Gasteiger charge is -2.07. The standard InChI is InChI=1S/C16H16O5/c1-5-15(17)21-13-6-7-14(12(4)10-13)19-8-9-20-16(18)11(2)3/h5-10H,1-2H2,3-4H3/b9-8-. The zero-order valence-corrected chi connectivity index (χ0v) is 11.9. The Labute approximate surface area is 123 Å². The highest BCUT2D eigenvalue weighted by atomic mass is 16.5. The number of hydrogen-bond donors (Lipinski definition) is 0. The summed E-state index contributed by atoms with van der Waals surface area (Å²) in [5.74, 6) is -0.133. The Morgan fingerprint density at radius 2 is 1.95 bits per heavy atom. The van der Waals surface area contributed by atoms with Crippen molar-refractivity contribution in [3.05, 3.63) is 61.1 Å². The van der Waals surface area contributed by atoms with Gasteiger partial charge >= 0.3 is 11.9 Å². The summed E-state index contributed by atoms with van der Waals surface area (Å²) >= 11 is 0. The van der Waals surface area contributed by atoms with E-state index in [1.165, 1.54) is 6.26 Å². The third-order valence-electron chi connectivity index (χ3n) is 2.31. The molecular formula is C16H16O5. The molecule has 0 bridgehead atoms. The first kappa shape index (κ1) is 16.2. The number of rotatable bonds is 6. The van der Waals surface area contributed by atoms with Crippen LogP contribution in [0.25, 0.3) is 0 Å². The number of carbonyl (C=O) groups excluding carboxylic acids is 2. The molecule has 0 saturated carbocycles. The molecule has 0 amide bonds. The van der Waals surface area contributed by atoms with Crippen LogP contribution in [0.4, 0.5) is 0 Å². The lowest BCUT2D eigenvalue weighted by Crippen LogP contribution is -2.03. The molecular weight excluding hydrogens is 272 g/mol. The Morgan fingerprint density at radius 1 is 1.24 bits per heavy atom. The van der Waals surface area contributed by atoms with Crippen LogP contribution in [0.15, 0.2) is 55.5 Å². The second-order valence-electron chi connectivity index (χ2n) is 4.13. The van der Waals surface area contributed by atoms with Gasteiger partial charge in [0.2, 0.25) is 0 Å². The number of hydrogen-bond acceptors (Lipinski definition) is 5. The van der Waals surface area contributed by atoms with Crippen molar-refractivity contribution in [1.82, 2.24) is 0 Å². The molecule has 0 fully saturated rings. The van der Waals surface area contributed by atoms with Crippen LogP contribution < -0.4 is 9.47 Å². The van der Waals surface area contributed by atoms with Gasteiger partial charge in [0.05, 0.1) is 0 Å². The Kier molecular flexibility index (Phi) is 5.95. The van der Waals surface area contributed by atoms with Crippen molar-refractivity contribution in [1.29, 1.82) is 0 Å². The lowest BCUT2D eigenvalue weighted by atomic mass is 10.2. The van der Waals surface area contributed by atoms with Crippen molar-refractivity contribution in [2.75, 3.05) is 0 Å². The molecule has 1 rings (SSSR count). The summed E-state index contributed by atoms with van der Waals surface area (Å²) < 4.78 is 15.0. The van der Waals surface area contributed by atoms with Crippen LogP contribution in [0.1, 0.15) is 12.5 Å². The molecule has 0 unspecified atom stereocenters. The van der Waals surface area contributed by atoms with E-state index in [0.29, 0.717) is 17.1 Å². The third-order valence-corrected chi connectivity index (χ3v) is 2.31. The summed E-state index contributed by atoms with van der Waals surface area (Å²) in [6, 6.07) is 4.86. The second kappa shape index (κ2) is 7.69. The van der Waals surface area contributed by atoms with Gasteiger partial charge in [-0.2, -0.15) is 0 Å². The molecule has 1 aromatic carbocycles. The third kappa shape index (κ3) is 5.36. The summed E-state index contributed by atoms with van der Waals surface area (Å²) in [6.45, 7) is 10.1. The van der Waals surface area contributed by atoms with Gasteiger partial charge in [0.1, 0.15) is 24.0 Å². The summed E-state index contributed by atoms with van der Waals surface area (Å²) in [7, 11) is 0. The van der Waals surface area contributed by atoms with Crippen molar-refractivity contribution in [2.45, 2.75) is 13.8 Å². The zero-order chi connectivity index (χ0) is 15.8. The van der Waals surface area contributed by atoms with Crippen LogP contribution in [0, 0.1) is 6.92 Å². The summed E-state index contributed by atoms with van der Waals surface area (Å²) in [4.78, 5) is 22.2. The number of benzene rings is 1. The van der Waals surface area contributed by atoms with Crippen molar-refractivity contribution in [2.24, 2.45) is 0 Å². The van der Waals surface area contributed by atoms with Crippen LogP contribution >= 0.6 is 0 Å². The summed E-state index contributed by atoms with van der Waals surface area (Å²) in [5.41, 5.74) is 1.05. The van der Waals surface area contributed by atoms with Gasteiger partial charge in [0, 0.05) is 11.6 Å². The fraction of sp³-hybridized carbons (Fsp3) is 0.125. The van der Waals surface area contributed by atoms with Gasteiger partial charge in [0.25, 0.3) is 0 Å². The molecule has 1 aromatic rings. The SMILES string of the molecule is C=CC(=O)Oc1ccc(O/C=C\OC(=O)C(=C)C)c(C)c1. The van der Waals surface area contributed by atoms with Crippen molar-refractivity contribution in [3.63, 3.8) is 0 Å². The summed E-state index contributed by atoms with van der Waals surface area (Å²) in [6.07, 6.45) is 3.44. The van der Waals surface area contributed by atoms with Crippen LogP contribution in [0.5, 0.6) is 11.5 Å². The molecule has 5 nitrogen and oxygen atoms in total. The molecule has 0 N–H and O–H groups in total. The maximum Gasteiger partial charge on any atom is 0.338 e. The monoisotopic (exact) mass is 288 g/mol. The molecule has 5 heteroatoms. The first-order chi connectivity index (χ1) is 9.93. The van der Waals surface area contributed by atoms with Crippen LogP contribution in [0.2, 0.25) is 0 Å². The number of carbonyl (C=O) groups is 2. The minimum absolute atomic E-state index is 0.296. The van der Waals surface area contributed by atoms with Gasteiger partial charge in [-0.15, -0.1) is 0 Å². The predicted molar refractivity (Wildman–Crippen MR) is 77.7 cm³/mol. The second-order valence-corrected chi connectivity index (χ2v) is 4.13. The minimum atomic E-state index is -0.533. The average molecular weight is 288 g/mol. The topological polar surface area (TPSA) is 61.8 Å². The van der Waals surface area contributed by atoms with E-state index in [9.17, 15) is 9.59 Å². The number of aryl methyl sites for hydroxylation is 1. The molecule has 0 radical (unpaired) electrons. The number of ether oxygens (including phenoxy) is 3. The Balaban J connectivity index is 2.62. The first-order valence-corrected chi connectivity index (χ1v) is 6.07. The molecule has 0 aliphatic carbocycles. The Morgan fingerprint density at radius 3 is 2.52 bits per heavy atom. The predicted octanol–water partition coefficient (Wildman–Crippen LogP) is 3.06. The van der Waals surface area contributed by atoms with Gasteiger partial charge in [-0.05, 0) is 37.6 Å². The maximum atomic E-state index is 11.1. The van der Waals surface area contributed by atoms with Crippen LogP contribution in [-0.4, -0.2) is 11.9 Å². The van der Waals surface area contributed by atoms with Gasteiger partial charge in [-0.3, -0.25) is 0 Å². The smallest absolute Gasteiger partial charge is 0.338 e. The highest BCUT2D eigenvalue weighted by Gasteiger charge is 2.04. The van der Waals surface area contributed by atoms with Gasteiger partial charge in [0.15, 0.2) is 0 Å². The van der Waals surface area contributed by atoms with Crippen molar-refractivity contribution < 1.29 is 23.8 Å². The Bertz CT molecular complexity index is 599. The minimum Gasteiger partial charge on any atom is -0.461 e. The van der Waals surface area contributed by atoms with Gasteiger partial charge < -0.3 is 14.2 Å². The van der Waals surface area contributed by atoms with Crippen LogP contribution in [-0.2, 0) is 14.3 Å². The molecule has 0 aromatic heterocycles. The van der Waals surface area contributed by atoms with Crippen LogP contribution in [0.3, 0.4) is 0 Å². The largest absolute Gasteiger partial charge is 0.461 e. The van der Waals surface area contributed by atoms with E-state index in [2.05, 4.69) is 13.2 Å².